The molecule has 2 unspecified atom stereocenters. The van der Waals surface area contributed by atoms with Crippen LogP contribution < -0.4 is 0 Å². The Hall–Kier alpha value is -0.550. The lowest BCUT2D eigenvalue weighted by atomic mass is 9.96. The number of ether oxygens (including phenoxy) is 1. The summed E-state index contributed by atoms with van der Waals surface area (Å²) in [5.74, 6) is 0.138. The van der Waals surface area contributed by atoms with E-state index >= 15 is 0 Å². The van der Waals surface area contributed by atoms with Crippen LogP contribution in [0.1, 0.15) is 19.8 Å². The second-order valence-electron chi connectivity index (χ2n) is 2.34. The highest BCUT2D eigenvalue weighted by molar-refractivity contribution is 4.90. The number of nitriles is 1. The van der Waals surface area contributed by atoms with Gasteiger partial charge in [0, 0.05) is 6.61 Å². The maximum Gasteiger partial charge on any atom is 0.0755 e. The van der Waals surface area contributed by atoms with Crippen molar-refractivity contribution in [3.8, 4) is 6.07 Å². The van der Waals surface area contributed by atoms with E-state index in [4.69, 9.17) is 10.00 Å². The molecule has 0 aliphatic carbocycles. The van der Waals surface area contributed by atoms with E-state index in [9.17, 15) is 0 Å². The van der Waals surface area contributed by atoms with Crippen molar-refractivity contribution < 1.29 is 4.74 Å². The average molecular weight is 125 g/mol. The third-order valence-corrected chi connectivity index (χ3v) is 1.79. The summed E-state index contributed by atoms with van der Waals surface area (Å²) in [5, 5.41) is 8.53. The van der Waals surface area contributed by atoms with E-state index in [1.165, 1.54) is 0 Å². The summed E-state index contributed by atoms with van der Waals surface area (Å²) < 4.78 is 5.15. The summed E-state index contributed by atoms with van der Waals surface area (Å²) in [7, 11) is 0. The van der Waals surface area contributed by atoms with Gasteiger partial charge >= 0.3 is 0 Å². The molecule has 50 valence electrons. The zero-order valence-corrected chi connectivity index (χ0v) is 5.63. The lowest BCUT2D eigenvalue weighted by Gasteiger charge is -2.29. The Kier molecular flexibility index (Phi) is 2.07. The SMILES string of the molecule is CCC(C#N)C1CCO1. The van der Waals surface area contributed by atoms with E-state index in [2.05, 4.69) is 6.07 Å². The fraction of sp³-hybridized carbons (Fsp3) is 0.857. The molecule has 0 spiro atoms. The minimum atomic E-state index is 0.138. The predicted octanol–water partition coefficient (Wildman–Crippen LogP) is 1.33. The van der Waals surface area contributed by atoms with Crippen LogP contribution in [0.25, 0.3) is 0 Å². The summed E-state index contributed by atoms with van der Waals surface area (Å²) in [5.41, 5.74) is 0. The van der Waals surface area contributed by atoms with Gasteiger partial charge in [-0.2, -0.15) is 5.26 Å². The Morgan fingerprint density at radius 1 is 1.89 bits per heavy atom. The quantitative estimate of drug-likeness (QED) is 0.557. The Morgan fingerprint density at radius 3 is 2.67 bits per heavy atom. The molecule has 0 aromatic rings. The van der Waals surface area contributed by atoms with Crippen molar-refractivity contribution in [2.45, 2.75) is 25.9 Å². The molecule has 0 radical (unpaired) electrons. The molecule has 2 atom stereocenters. The first kappa shape index (κ1) is 6.57. The van der Waals surface area contributed by atoms with Crippen LogP contribution in [0.15, 0.2) is 0 Å². The Labute approximate surface area is 55.4 Å². The maximum atomic E-state index is 8.53. The predicted molar refractivity (Wildman–Crippen MR) is 33.8 cm³/mol. The van der Waals surface area contributed by atoms with E-state index in [0.717, 1.165) is 19.4 Å². The van der Waals surface area contributed by atoms with Crippen LogP contribution in [-0.2, 0) is 4.74 Å². The number of rotatable bonds is 2. The molecule has 2 nitrogen and oxygen atoms in total. The van der Waals surface area contributed by atoms with E-state index < -0.39 is 0 Å². The molecular formula is C7H11NO. The highest BCUT2D eigenvalue weighted by Gasteiger charge is 2.26. The number of nitrogens with zero attached hydrogens (tertiary/aromatic N) is 1. The van der Waals surface area contributed by atoms with E-state index in [1.807, 2.05) is 6.92 Å². The summed E-state index contributed by atoms with van der Waals surface area (Å²) in [6, 6.07) is 2.23. The minimum Gasteiger partial charge on any atom is -0.377 e. The van der Waals surface area contributed by atoms with Crippen molar-refractivity contribution in [2.24, 2.45) is 5.92 Å². The first-order valence-corrected chi connectivity index (χ1v) is 3.39. The molecule has 1 fully saturated rings. The topological polar surface area (TPSA) is 33.0 Å². The van der Waals surface area contributed by atoms with Crippen molar-refractivity contribution in [1.82, 2.24) is 0 Å². The molecule has 0 aromatic heterocycles. The molecule has 1 aliphatic heterocycles. The van der Waals surface area contributed by atoms with Gasteiger partial charge in [0.25, 0.3) is 0 Å². The molecule has 1 aliphatic rings. The molecule has 2 heteroatoms. The van der Waals surface area contributed by atoms with Gasteiger partial charge in [-0.3, -0.25) is 0 Å². The Morgan fingerprint density at radius 2 is 2.56 bits per heavy atom. The molecule has 9 heavy (non-hydrogen) atoms. The second kappa shape index (κ2) is 2.84. The van der Waals surface area contributed by atoms with Gasteiger partial charge in [0.05, 0.1) is 18.1 Å². The monoisotopic (exact) mass is 125 g/mol. The van der Waals surface area contributed by atoms with Crippen LogP contribution >= 0.6 is 0 Å². The maximum absolute atomic E-state index is 8.53. The highest BCUT2D eigenvalue weighted by atomic mass is 16.5. The Bertz CT molecular complexity index is 123. The van der Waals surface area contributed by atoms with Gasteiger partial charge in [-0.1, -0.05) is 6.92 Å². The van der Waals surface area contributed by atoms with E-state index in [-0.39, 0.29) is 12.0 Å². The number of hydrogen-bond acceptors (Lipinski definition) is 2. The van der Waals surface area contributed by atoms with Crippen LogP contribution in [0.2, 0.25) is 0 Å². The van der Waals surface area contributed by atoms with Gasteiger partial charge in [0.2, 0.25) is 0 Å². The largest absolute Gasteiger partial charge is 0.377 e. The fourth-order valence-corrected chi connectivity index (χ4v) is 1.01. The summed E-state index contributed by atoms with van der Waals surface area (Å²) in [6.45, 7) is 2.87. The average Bonchev–Trinajstić information content (AvgIpc) is 1.78. The van der Waals surface area contributed by atoms with E-state index in [1.54, 1.807) is 0 Å². The highest BCUT2D eigenvalue weighted by Crippen LogP contribution is 2.21. The molecular weight excluding hydrogens is 114 g/mol. The summed E-state index contributed by atoms with van der Waals surface area (Å²) in [4.78, 5) is 0. The van der Waals surface area contributed by atoms with Gasteiger partial charge in [-0.25, -0.2) is 0 Å². The number of hydrogen-bond donors (Lipinski definition) is 0. The van der Waals surface area contributed by atoms with Crippen LogP contribution in [-0.4, -0.2) is 12.7 Å². The molecule has 1 heterocycles. The lowest BCUT2D eigenvalue weighted by molar-refractivity contribution is -0.0726. The van der Waals surface area contributed by atoms with Gasteiger partial charge in [0.15, 0.2) is 0 Å². The van der Waals surface area contributed by atoms with Crippen LogP contribution in [0.4, 0.5) is 0 Å². The van der Waals surface area contributed by atoms with Gasteiger partial charge in [0.1, 0.15) is 0 Å². The molecule has 0 saturated carbocycles. The van der Waals surface area contributed by atoms with Crippen molar-refractivity contribution in [1.29, 1.82) is 5.26 Å². The first-order chi connectivity index (χ1) is 4.38. The molecule has 0 N–H and O–H groups in total. The van der Waals surface area contributed by atoms with Gasteiger partial charge < -0.3 is 4.74 Å². The smallest absolute Gasteiger partial charge is 0.0755 e. The van der Waals surface area contributed by atoms with Gasteiger partial charge in [-0.15, -0.1) is 0 Å². The van der Waals surface area contributed by atoms with Crippen LogP contribution in [0.3, 0.4) is 0 Å². The molecule has 1 rings (SSSR count). The van der Waals surface area contributed by atoms with Gasteiger partial charge in [-0.05, 0) is 12.8 Å². The molecule has 0 aromatic carbocycles. The van der Waals surface area contributed by atoms with Crippen molar-refractivity contribution in [3.05, 3.63) is 0 Å². The summed E-state index contributed by atoms with van der Waals surface area (Å²) in [6.07, 6.45) is 2.24. The van der Waals surface area contributed by atoms with E-state index in [0.29, 0.717) is 0 Å². The fourth-order valence-electron chi connectivity index (χ4n) is 1.01. The zero-order valence-electron chi connectivity index (χ0n) is 5.63. The van der Waals surface area contributed by atoms with Crippen molar-refractivity contribution >= 4 is 0 Å². The lowest BCUT2D eigenvalue weighted by Crippen LogP contribution is -2.33. The van der Waals surface area contributed by atoms with Crippen LogP contribution in [0.5, 0.6) is 0 Å². The second-order valence-corrected chi connectivity index (χ2v) is 2.34. The van der Waals surface area contributed by atoms with Crippen LogP contribution in [0, 0.1) is 17.2 Å². The standard InChI is InChI=1S/C7H11NO/c1-2-6(5-8)7-3-4-9-7/h6-7H,2-4H2,1H3. The normalized spacial score (nSPS) is 28.2. The molecule has 0 bridgehead atoms. The molecule has 0 amide bonds. The Balaban J connectivity index is 2.30. The third-order valence-electron chi connectivity index (χ3n) is 1.79. The van der Waals surface area contributed by atoms with Crippen molar-refractivity contribution in [3.63, 3.8) is 0 Å². The zero-order chi connectivity index (χ0) is 6.69. The summed E-state index contributed by atoms with van der Waals surface area (Å²) >= 11 is 0. The third kappa shape index (κ3) is 1.22. The first-order valence-electron chi connectivity index (χ1n) is 3.39. The molecule has 1 saturated heterocycles. The minimum absolute atomic E-state index is 0.138. The van der Waals surface area contributed by atoms with Crippen molar-refractivity contribution in [2.75, 3.05) is 6.61 Å².